The van der Waals surface area contributed by atoms with E-state index in [2.05, 4.69) is 11.8 Å². The molecule has 3 nitrogen and oxygen atoms in total. The molecule has 0 aliphatic rings. The van der Waals surface area contributed by atoms with Crippen LogP contribution in [0.25, 0.3) is 0 Å². The zero-order valence-corrected chi connectivity index (χ0v) is 11.7. The molecule has 108 valence electrons. The fraction of sp³-hybridized carbons (Fsp3) is 0.176. The number of halogens is 1. The lowest BCUT2D eigenvalue weighted by molar-refractivity contribution is 0.304. The molecule has 4 heteroatoms. The number of rotatable bonds is 4. The predicted molar refractivity (Wildman–Crippen MR) is 79.7 cm³/mol. The Morgan fingerprint density at radius 1 is 1.19 bits per heavy atom. The van der Waals surface area contributed by atoms with Crippen molar-refractivity contribution in [1.29, 1.82) is 0 Å². The quantitative estimate of drug-likeness (QED) is 0.878. The van der Waals surface area contributed by atoms with Gasteiger partial charge in [-0.1, -0.05) is 24.0 Å². The number of benzene rings is 2. The maximum atomic E-state index is 13.1. The second-order valence-electron chi connectivity index (χ2n) is 4.29. The van der Waals surface area contributed by atoms with Gasteiger partial charge in [0.15, 0.2) is 0 Å². The van der Waals surface area contributed by atoms with Gasteiger partial charge in [0.2, 0.25) is 0 Å². The maximum absolute atomic E-state index is 13.1. The number of hydrogen-bond donors (Lipinski definition) is 1. The topological polar surface area (TPSA) is 44.5 Å². The van der Waals surface area contributed by atoms with Gasteiger partial charge < -0.3 is 15.2 Å². The summed E-state index contributed by atoms with van der Waals surface area (Å²) in [7, 11) is 1.59. The van der Waals surface area contributed by atoms with Gasteiger partial charge in [-0.25, -0.2) is 4.39 Å². The van der Waals surface area contributed by atoms with E-state index in [1.807, 2.05) is 18.2 Å². The third-order valence-electron chi connectivity index (χ3n) is 2.79. The average Bonchev–Trinajstić information content (AvgIpc) is 2.51. The van der Waals surface area contributed by atoms with Crippen molar-refractivity contribution in [2.45, 2.75) is 6.61 Å². The van der Waals surface area contributed by atoms with Crippen LogP contribution in [0.3, 0.4) is 0 Å². The zero-order chi connectivity index (χ0) is 15.1. The van der Waals surface area contributed by atoms with E-state index in [0.717, 1.165) is 11.1 Å². The van der Waals surface area contributed by atoms with E-state index >= 15 is 0 Å². The molecule has 0 aromatic heterocycles. The van der Waals surface area contributed by atoms with Crippen molar-refractivity contribution >= 4 is 0 Å². The highest BCUT2D eigenvalue weighted by molar-refractivity contribution is 5.48. The van der Waals surface area contributed by atoms with Crippen molar-refractivity contribution in [1.82, 2.24) is 0 Å². The number of ether oxygens (including phenoxy) is 2. The van der Waals surface area contributed by atoms with Crippen LogP contribution in [0.2, 0.25) is 0 Å². The lowest BCUT2D eigenvalue weighted by atomic mass is 10.1. The van der Waals surface area contributed by atoms with Crippen LogP contribution in [0, 0.1) is 17.7 Å². The second kappa shape index (κ2) is 7.32. The number of hydrogen-bond acceptors (Lipinski definition) is 3. The largest absolute Gasteiger partial charge is 0.495 e. The van der Waals surface area contributed by atoms with E-state index in [0.29, 0.717) is 18.1 Å². The zero-order valence-electron chi connectivity index (χ0n) is 11.7. The first-order valence-electron chi connectivity index (χ1n) is 6.47. The Balaban J connectivity index is 2.13. The number of nitrogens with two attached hydrogens (primary N) is 1. The molecule has 0 heterocycles. The van der Waals surface area contributed by atoms with Crippen LogP contribution < -0.4 is 15.2 Å². The predicted octanol–water partition coefficient (Wildman–Crippen LogP) is 2.72. The lowest BCUT2D eigenvalue weighted by Crippen LogP contribution is -1.98. The van der Waals surface area contributed by atoms with E-state index in [1.54, 1.807) is 19.2 Å². The maximum Gasteiger partial charge on any atom is 0.134 e. The molecule has 0 bridgehead atoms. The Bertz CT molecular complexity index is 674. The van der Waals surface area contributed by atoms with Crippen molar-refractivity contribution in [3.63, 3.8) is 0 Å². The summed E-state index contributed by atoms with van der Waals surface area (Å²) < 4.78 is 23.9. The molecule has 0 amide bonds. The van der Waals surface area contributed by atoms with Gasteiger partial charge in [-0.2, -0.15) is 0 Å². The first-order chi connectivity index (χ1) is 10.2. The molecule has 0 aliphatic carbocycles. The van der Waals surface area contributed by atoms with Gasteiger partial charge in [-0.15, -0.1) is 0 Å². The van der Waals surface area contributed by atoms with Gasteiger partial charge in [0.1, 0.15) is 23.9 Å². The Kier molecular flexibility index (Phi) is 5.19. The lowest BCUT2D eigenvalue weighted by Gasteiger charge is -2.09. The minimum atomic E-state index is -0.322. The molecule has 0 unspecified atom stereocenters. The molecule has 2 aromatic rings. The molecule has 0 spiro atoms. The smallest absolute Gasteiger partial charge is 0.134 e. The number of methoxy groups -OCH3 is 1. The average molecular weight is 285 g/mol. The Morgan fingerprint density at radius 3 is 2.76 bits per heavy atom. The van der Waals surface area contributed by atoms with Gasteiger partial charge in [0.25, 0.3) is 0 Å². The molecule has 2 aromatic carbocycles. The summed E-state index contributed by atoms with van der Waals surface area (Å²) in [6.07, 6.45) is 0. The summed E-state index contributed by atoms with van der Waals surface area (Å²) in [6.45, 7) is 0.609. The van der Waals surface area contributed by atoms with E-state index in [4.69, 9.17) is 15.2 Å². The fourth-order valence-electron chi connectivity index (χ4n) is 1.81. The van der Waals surface area contributed by atoms with Crippen molar-refractivity contribution < 1.29 is 13.9 Å². The van der Waals surface area contributed by atoms with Crippen LogP contribution in [0.4, 0.5) is 4.39 Å². The highest BCUT2D eigenvalue weighted by Gasteiger charge is 2.03. The SMILES string of the molecule is COc1ccc(COc2cccc(F)c2)cc1C#CCN. The van der Waals surface area contributed by atoms with Gasteiger partial charge in [0, 0.05) is 6.07 Å². The molecule has 0 saturated heterocycles. The monoisotopic (exact) mass is 285 g/mol. The summed E-state index contributed by atoms with van der Waals surface area (Å²) in [5.74, 6) is 6.60. The molecule has 2 N–H and O–H groups in total. The van der Waals surface area contributed by atoms with E-state index < -0.39 is 0 Å². The third-order valence-corrected chi connectivity index (χ3v) is 2.79. The van der Waals surface area contributed by atoms with Crippen molar-refractivity contribution in [2.24, 2.45) is 5.73 Å². The molecule has 0 saturated carbocycles. The molecule has 21 heavy (non-hydrogen) atoms. The highest BCUT2D eigenvalue weighted by Crippen LogP contribution is 2.20. The molecule has 0 atom stereocenters. The van der Waals surface area contributed by atoms with Crippen LogP contribution in [0.15, 0.2) is 42.5 Å². The van der Waals surface area contributed by atoms with Gasteiger partial charge in [0.05, 0.1) is 19.2 Å². The minimum absolute atomic E-state index is 0.285. The van der Waals surface area contributed by atoms with E-state index in [1.165, 1.54) is 12.1 Å². The third kappa shape index (κ3) is 4.23. The van der Waals surface area contributed by atoms with Gasteiger partial charge in [-0.3, -0.25) is 0 Å². The van der Waals surface area contributed by atoms with Gasteiger partial charge in [-0.05, 0) is 29.8 Å². The van der Waals surface area contributed by atoms with Crippen molar-refractivity contribution in [3.05, 3.63) is 59.4 Å². The Labute approximate surface area is 123 Å². The molecular weight excluding hydrogens is 269 g/mol. The fourth-order valence-corrected chi connectivity index (χ4v) is 1.81. The molecule has 0 radical (unpaired) electrons. The highest BCUT2D eigenvalue weighted by atomic mass is 19.1. The van der Waals surface area contributed by atoms with Gasteiger partial charge >= 0.3 is 0 Å². The summed E-state index contributed by atoms with van der Waals surface area (Å²) in [5.41, 5.74) is 7.05. The minimum Gasteiger partial charge on any atom is -0.495 e. The summed E-state index contributed by atoms with van der Waals surface area (Å²) in [5, 5.41) is 0. The van der Waals surface area contributed by atoms with Crippen LogP contribution in [0.5, 0.6) is 11.5 Å². The Morgan fingerprint density at radius 2 is 2.05 bits per heavy atom. The standard InChI is InChI=1S/C17H16FNO2/c1-20-17-8-7-13(10-14(17)4-3-9-19)12-21-16-6-2-5-15(18)11-16/h2,5-8,10-11H,9,12,19H2,1H3. The van der Waals surface area contributed by atoms with Crippen molar-refractivity contribution in [2.75, 3.05) is 13.7 Å². The van der Waals surface area contributed by atoms with E-state index in [9.17, 15) is 4.39 Å². The van der Waals surface area contributed by atoms with Crippen LogP contribution in [-0.2, 0) is 6.61 Å². The first-order valence-corrected chi connectivity index (χ1v) is 6.47. The van der Waals surface area contributed by atoms with E-state index in [-0.39, 0.29) is 12.4 Å². The van der Waals surface area contributed by atoms with Crippen LogP contribution in [0.1, 0.15) is 11.1 Å². The molecule has 0 fully saturated rings. The Hall–Kier alpha value is -2.51. The molecule has 0 aliphatic heterocycles. The summed E-state index contributed by atoms with van der Waals surface area (Å²) >= 11 is 0. The first kappa shape index (κ1) is 14.9. The summed E-state index contributed by atoms with van der Waals surface area (Å²) in [4.78, 5) is 0. The molecular formula is C17H16FNO2. The van der Waals surface area contributed by atoms with Crippen molar-refractivity contribution in [3.8, 4) is 23.3 Å². The molecule has 2 rings (SSSR count). The van der Waals surface area contributed by atoms with Crippen LogP contribution in [-0.4, -0.2) is 13.7 Å². The normalized spacial score (nSPS) is 9.67. The second-order valence-corrected chi connectivity index (χ2v) is 4.29. The summed E-state index contributed by atoms with van der Waals surface area (Å²) in [6, 6.07) is 11.6. The van der Waals surface area contributed by atoms with Crippen LogP contribution >= 0.6 is 0 Å².